The third kappa shape index (κ3) is 4.05. The van der Waals surface area contributed by atoms with Gasteiger partial charge in [0.1, 0.15) is 0 Å². The highest BCUT2D eigenvalue weighted by Crippen LogP contribution is 2.18. The van der Waals surface area contributed by atoms with Gasteiger partial charge in [0.2, 0.25) is 0 Å². The average molecular weight is 317 g/mol. The van der Waals surface area contributed by atoms with Gasteiger partial charge in [-0.3, -0.25) is 13.8 Å². The van der Waals surface area contributed by atoms with Crippen molar-refractivity contribution in [3.05, 3.63) is 48.8 Å². The lowest BCUT2D eigenvalue weighted by molar-refractivity contribution is 0.138. The largest absolute Gasteiger partial charge is 0.298 e. The monoisotopic (exact) mass is 317 g/mol. The highest BCUT2D eigenvalue weighted by atomic mass is 32.2. The zero-order chi connectivity index (χ0) is 15.2. The molecule has 5 heteroatoms. The molecule has 2 atom stereocenters. The van der Waals surface area contributed by atoms with Crippen molar-refractivity contribution in [3.8, 4) is 0 Å². The van der Waals surface area contributed by atoms with Gasteiger partial charge in [0.15, 0.2) is 0 Å². The Morgan fingerprint density at radius 2 is 2.05 bits per heavy atom. The minimum Gasteiger partial charge on any atom is -0.298 e. The SMILES string of the molecule is O=[S@](CCN1CCCC[C@H]1Cn1cccn1)c1ccccc1. The first-order chi connectivity index (χ1) is 10.8. The Kier molecular flexibility index (Phi) is 5.40. The number of hydrogen-bond donors (Lipinski definition) is 0. The third-order valence-electron chi connectivity index (χ3n) is 4.28. The summed E-state index contributed by atoms with van der Waals surface area (Å²) in [6.45, 7) is 2.94. The van der Waals surface area contributed by atoms with E-state index in [1.807, 2.05) is 53.5 Å². The molecule has 22 heavy (non-hydrogen) atoms. The minimum atomic E-state index is -0.903. The van der Waals surface area contributed by atoms with Crippen molar-refractivity contribution in [3.63, 3.8) is 0 Å². The van der Waals surface area contributed by atoms with Crippen molar-refractivity contribution in [2.45, 2.75) is 36.7 Å². The van der Waals surface area contributed by atoms with E-state index in [-0.39, 0.29) is 0 Å². The zero-order valence-corrected chi connectivity index (χ0v) is 13.6. The average Bonchev–Trinajstić information content (AvgIpc) is 3.07. The van der Waals surface area contributed by atoms with Gasteiger partial charge in [0.25, 0.3) is 0 Å². The standard InChI is InChI=1S/C17H23N3OS/c21-22(17-8-2-1-3-9-17)14-13-19-11-5-4-7-16(19)15-20-12-6-10-18-20/h1-3,6,8-10,12,16H,4-5,7,11,13-15H2/t16-,22+/m0/s1. The summed E-state index contributed by atoms with van der Waals surface area (Å²) in [4.78, 5) is 3.43. The molecule has 2 heterocycles. The Bertz CT molecular complexity index is 585. The lowest BCUT2D eigenvalue weighted by atomic mass is 10.0. The zero-order valence-electron chi connectivity index (χ0n) is 12.8. The van der Waals surface area contributed by atoms with E-state index < -0.39 is 10.8 Å². The van der Waals surface area contributed by atoms with Crippen molar-refractivity contribution >= 4 is 10.8 Å². The van der Waals surface area contributed by atoms with Crippen LogP contribution in [0.4, 0.5) is 0 Å². The molecule has 0 saturated carbocycles. The molecule has 0 N–H and O–H groups in total. The minimum absolute atomic E-state index is 0.515. The van der Waals surface area contributed by atoms with Crippen molar-refractivity contribution in [1.82, 2.24) is 14.7 Å². The van der Waals surface area contributed by atoms with Crippen LogP contribution in [0, 0.1) is 0 Å². The number of likely N-dealkylation sites (tertiary alicyclic amines) is 1. The summed E-state index contributed by atoms with van der Waals surface area (Å²) in [7, 11) is -0.903. The van der Waals surface area contributed by atoms with Gasteiger partial charge in [0, 0.05) is 35.6 Å². The van der Waals surface area contributed by atoms with Gasteiger partial charge < -0.3 is 0 Å². The first kappa shape index (κ1) is 15.4. The van der Waals surface area contributed by atoms with Crippen LogP contribution in [0.3, 0.4) is 0 Å². The molecule has 2 aromatic rings. The summed E-state index contributed by atoms with van der Waals surface area (Å²) in [6, 6.07) is 12.3. The van der Waals surface area contributed by atoms with Crippen LogP contribution in [-0.2, 0) is 17.3 Å². The molecule has 0 bridgehead atoms. The van der Waals surface area contributed by atoms with Gasteiger partial charge in [0.05, 0.1) is 17.3 Å². The van der Waals surface area contributed by atoms with Crippen molar-refractivity contribution in [1.29, 1.82) is 0 Å². The second-order valence-corrected chi connectivity index (χ2v) is 7.35. The molecule has 0 amide bonds. The van der Waals surface area contributed by atoms with Crippen LogP contribution in [0.15, 0.2) is 53.7 Å². The Morgan fingerprint density at radius 1 is 1.18 bits per heavy atom. The van der Waals surface area contributed by atoms with Crippen molar-refractivity contribution in [2.75, 3.05) is 18.8 Å². The summed E-state index contributed by atoms with van der Waals surface area (Å²) < 4.78 is 14.4. The van der Waals surface area contributed by atoms with Crippen LogP contribution < -0.4 is 0 Å². The second kappa shape index (κ2) is 7.70. The third-order valence-corrected chi connectivity index (χ3v) is 5.63. The van der Waals surface area contributed by atoms with E-state index in [1.165, 1.54) is 19.3 Å². The van der Waals surface area contributed by atoms with Crippen LogP contribution in [0.25, 0.3) is 0 Å². The Labute approximate surface area is 134 Å². The lowest BCUT2D eigenvalue weighted by Crippen LogP contribution is -2.44. The van der Waals surface area contributed by atoms with Crippen LogP contribution in [0.5, 0.6) is 0 Å². The molecule has 1 saturated heterocycles. The summed E-state index contributed by atoms with van der Waals surface area (Å²) in [5.41, 5.74) is 0. The predicted molar refractivity (Wildman–Crippen MR) is 89.2 cm³/mol. The van der Waals surface area contributed by atoms with E-state index in [4.69, 9.17) is 0 Å². The number of aromatic nitrogens is 2. The van der Waals surface area contributed by atoms with Crippen LogP contribution in [0.1, 0.15) is 19.3 Å². The molecule has 1 aromatic heterocycles. The number of nitrogens with zero attached hydrogens (tertiary/aromatic N) is 3. The van der Waals surface area contributed by atoms with Gasteiger partial charge in [-0.05, 0) is 37.6 Å². The maximum Gasteiger partial charge on any atom is 0.0564 e. The second-order valence-electron chi connectivity index (χ2n) is 5.78. The topological polar surface area (TPSA) is 38.1 Å². The molecule has 4 nitrogen and oxygen atoms in total. The van der Waals surface area contributed by atoms with E-state index >= 15 is 0 Å². The van der Waals surface area contributed by atoms with E-state index in [9.17, 15) is 4.21 Å². The highest BCUT2D eigenvalue weighted by Gasteiger charge is 2.23. The van der Waals surface area contributed by atoms with Gasteiger partial charge >= 0.3 is 0 Å². The molecular weight excluding hydrogens is 294 g/mol. The number of benzene rings is 1. The van der Waals surface area contributed by atoms with Crippen molar-refractivity contribution in [2.24, 2.45) is 0 Å². The number of rotatable bonds is 6. The Balaban J connectivity index is 1.56. The van der Waals surface area contributed by atoms with Crippen LogP contribution in [-0.4, -0.2) is 43.8 Å². The summed E-state index contributed by atoms with van der Waals surface area (Å²) in [6.07, 6.45) is 7.59. The predicted octanol–water partition coefficient (Wildman–Crippen LogP) is 2.55. The molecule has 1 fully saturated rings. The molecule has 0 radical (unpaired) electrons. The first-order valence-corrected chi connectivity index (χ1v) is 9.30. The van der Waals surface area contributed by atoms with Crippen molar-refractivity contribution < 1.29 is 4.21 Å². The van der Waals surface area contributed by atoms with Gasteiger partial charge in [-0.1, -0.05) is 24.6 Å². The van der Waals surface area contributed by atoms with Gasteiger partial charge in [-0.25, -0.2) is 0 Å². The Hall–Kier alpha value is -1.46. The quantitative estimate of drug-likeness (QED) is 0.822. The Morgan fingerprint density at radius 3 is 2.82 bits per heavy atom. The van der Waals surface area contributed by atoms with Crippen LogP contribution in [0.2, 0.25) is 0 Å². The molecule has 0 unspecified atom stereocenters. The number of hydrogen-bond acceptors (Lipinski definition) is 3. The summed E-state index contributed by atoms with van der Waals surface area (Å²) in [5, 5.41) is 4.32. The van der Waals surface area contributed by atoms with Gasteiger partial charge in [-0.2, -0.15) is 5.10 Å². The van der Waals surface area contributed by atoms with E-state index in [1.54, 1.807) is 0 Å². The molecule has 0 aliphatic carbocycles. The molecule has 0 spiro atoms. The lowest BCUT2D eigenvalue weighted by Gasteiger charge is -2.35. The smallest absolute Gasteiger partial charge is 0.0564 e. The molecule has 1 aromatic carbocycles. The highest BCUT2D eigenvalue weighted by molar-refractivity contribution is 7.85. The first-order valence-electron chi connectivity index (χ1n) is 7.98. The summed E-state index contributed by atoms with van der Waals surface area (Å²) in [5.74, 6) is 0.708. The fourth-order valence-corrected chi connectivity index (χ4v) is 4.17. The normalized spacial score (nSPS) is 20.8. The number of piperidine rings is 1. The van der Waals surface area contributed by atoms with E-state index in [2.05, 4.69) is 10.00 Å². The molecule has 1 aliphatic rings. The van der Waals surface area contributed by atoms with E-state index in [0.29, 0.717) is 11.8 Å². The fraction of sp³-hybridized carbons (Fsp3) is 0.471. The van der Waals surface area contributed by atoms with Gasteiger partial charge in [-0.15, -0.1) is 0 Å². The van der Waals surface area contributed by atoms with Crippen LogP contribution >= 0.6 is 0 Å². The maximum absolute atomic E-state index is 12.4. The fourth-order valence-electron chi connectivity index (χ4n) is 3.08. The molecule has 118 valence electrons. The van der Waals surface area contributed by atoms with E-state index in [0.717, 1.165) is 24.5 Å². The summed E-state index contributed by atoms with van der Waals surface area (Å²) >= 11 is 0. The molecule has 3 rings (SSSR count). The maximum atomic E-state index is 12.4. The molecular formula is C17H23N3OS. The molecule has 1 aliphatic heterocycles.